The zero-order valence-electron chi connectivity index (χ0n) is 14.4. The molecule has 138 valence electrons. The number of nitrogens with one attached hydrogen (secondary N) is 2. The summed E-state index contributed by atoms with van der Waals surface area (Å²) in [6.45, 7) is 3.70. The molecule has 2 amide bonds. The smallest absolute Gasteiger partial charge is 0.272 e. The van der Waals surface area contributed by atoms with E-state index in [-0.39, 0.29) is 11.7 Å². The number of rotatable bonds is 5. The van der Waals surface area contributed by atoms with Gasteiger partial charge in [0.2, 0.25) is 0 Å². The van der Waals surface area contributed by atoms with Crippen molar-refractivity contribution in [3.05, 3.63) is 59.2 Å². The summed E-state index contributed by atoms with van der Waals surface area (Å²) in [4.78, 5) is 24.0. The van der Waals surface area contributed by atoms with Crippen molar-refractivity contribution in [2.24, 2.45) is 0 Å². The molecule has 26 heavy (non-hydrogen) atoms. The molecular formula is C18H18F2N2O4. The summed E-state index contributed by atoms with van der Waals surface area (Å²) >= 11 is 0. The summed E-state index contributed by atoms with van der Waals surface area (Å²) < 4.78 is 37.4. The first-order valence-electron chi connectivity index (χ1n) is 7.72. The molecule has 2 rings (SSSR count). The molecule has 0 aliphatic carbocycles. The lowest BCUT2D eigenvalue weighted by atomic mass is 10.2. The average Bonchev–Trinajstić information content (AvgIpc) is 2.61. The molecule has 0 unspecified atom stereocenters. The van der Waals surface area contributed by atoms with Crippen molar-refractivity contribution in [3.8, 4) is 11.5 Å². The summed E-state index contributed by atoms with van der Waals surface area (Å²) in [5.41, 5.74) is 3.82. The molecule has 0 spiro atoms. The molecule has 0 saturated heterocycles. The fourth-order valence-corrected chi connectivity index (χ4v) is 2.08. The van der Waals surface area contributed by atoms with Gasteiger partial charge in [-0.05, 0) is 50.2 Å². The van der Waals surface area contributed by atoms with Crippen LogP contribution in [0.25, 0.3) is 0 Å². The molecule has 0 aliphatic rings. The van der Waals surface area contributed by atoms with E-state index in [1.165, 1.54) is 19.2 Å². The van der Waals surface area contributed by atoms with Crippen molar-refractivity contribution in [2.75, 3.05) is 7.11 Å². The quantitative estimate of drug-likeness (QED) is 0.800. The first-order valence-corrected chi connectivity index (χ1v) is 7.72. The Hall–Kier alpha value is -3.16. The Kier molecular flexibility index (Phi) is 6.11. The number of benzene rings is 2. The van der Waals surface area contributed by atoms with E-state index < -0.39 is 29.0 Å². The zero-order valence-corrected chi connectivity index (χ0v) is 14.4. The van der Waals surface area contributed by atoms with Gasteiger partial charge in [-0.3, -0.25) is 20.4 Å². The number of halogens is 2. The van der Waals surface area contributed by atoms with Gasteiger partial charge in [-0.15, -0.1) is 0 Å². The molecule has 0 bridgehead atoms. The van der Waals surface area contributed by atoms with Gasteiger partial charge in [-0.1, -0.05) is 0 Å². The third kappa shape index (κ3) is 4.69. The Bertz CT molecular complexity index is 825. The maximum atomic E-state index is 13.5. The van der Waals surface area contributed by atoms with Crippen molar-refractivity contribution in [1.29, 1.82) is 0 Å². The summed E-state index contributed by atoms with van der Waals surface area (Å²) in [7, 11) is 1.43. The predicted molar refractivity (Wildman–Crippen MR) is 90.0 cm³/mol. The molecule has 0 aliphatic heterocycles. The molecular weight excluding hydrogens is 346 g/mol. The number of hydrogen-bond acceptors (Lipinski definition) is 4. The lowest BCUT2D eigenvalue weighted by molar-refractivity contribution is 0.0844. The molecule has 0 radical (unpaired) electrons. The van der Waals surface area contributed by atoms with E-state index in [1.54, 1.807) is 6.07 Å². The molecule has 0 atom stereocenters. The van der Waals surface area contributed by atoms with Crippen LogP contribution in [0.15, 0.2) is 36.4 Å². The highest BCUT2D eigenvalue weighted by molar-refractivity contribution is 5.99. The lowest BCUT2D eigenvalue weighted by Crippen LogP contribution is -2.42. The minimum Gasteiger partial charge on any atom is -0.493 e. The summed E-state index contributed by atoms with van der Waals surface area (Å²) in [6.07, 6.45) is -0.0796. The van der Waals surface area contributed by atoms with Gasteiger partial charge in [0.1, 0.15) is 11.6 Å². The second-order valence-corrected chi connectivity index (χ2v) is 5.56. The molecule has 8 heteroatoms. The molecule has 0 heterocycles. The van der Waals surface area contributed by atoms with Gasteiger partial charge in [0.15, 0.2) is 11.5 Å². The minimum absolute atomic E-state index is 0.0796. The molecule has 0 saturated carbocycles. The third-order valence-corrected chi connectivity index (χ3v) is 3.25. The van der Waals surface area contributed by atoms with E-state index in [9.17, 15) is 18.4 Å². The molecule has 2 aromatic rings. The Morgan fingerprint density at radius 1 is 0.962 bits per heavy atom. The molecule has 2 aromatic carbocycles. The first-order chi connectivity index (χ1) is 12.3. The van der Waals surface area contributed by atoms with Crippen molar-refractivity contribution in [2.45, 2.75) is 20.0 Å². The van der Waals surface area contributed by atoms with E-state index >= 15 is 0 Å². The highest BCUT2D eigenvalue weighted by Gasteiger charge is 2.16. The maximum absolute atomic E-state index is 13.5. The van der Waals surface area contributed by atoms with E-state index in [4.69, 9.17) is 9.47 Å². The van der Waals surface area contributed by atoms with Crippen LogP contribution in [0.2, 0.25) is 0 Å². The minimum atomic E-state index is -0.984. The van der Waals surface area contributed by atoms with Crippen LogP contribution in [0.3, 0.4) is 0 Å². The van der Waals surface area contributed by atoms with Gasteiger partial charge >= 0.3 is 0 Å². The fraction of sp³-hybridized carbons (Fsp3) is 0.222. The van der Waals surface area contributed by atoms with Crippen molar-refractivity contribution < 1.29 is 27.8 Å². The Morgan fingerprint density at radius 2 is 1.65 bits per heavy atom. The van der Waals surface area contributed by atoms with Crippen LogP contribution in [-0.2, 0) is 0 Å². The van der Waals surface area contributed by atoms with Crippen LogP contribution in [0, 0.1) is 11.6 Å². The van der Waals surface area contributed by atoms with Crippen LogP contribution in [0.4, 0.5) is 8.78 Å². The monoisotopic (exact) mass is 364 g/mol. The Morgan fingerprint density at radius 3 is 2.31 bits per heavy atom. The summed E-state index contributed by atoms with van der Waals surface area (Å²) in [6, 6.07) is 6.91. The molecule has 0 aromatic heterocycles. The normalized spacial score (nSPS) is 10.4. The van der Waals surface area contributed by atoms with Gasteiger partial charge in [0.25, 0.3) is 11.8 Å². The third-order valence-electron chi connectivity index (χ3n) is 3.25. The van der Waals surface area contributed by atoms with Gasteiger partial charge in [-0.25, -0.2) is 8.78 Å². The van der Waals surface area contributed by atoms with Crippen molar-refractivity contribution >= 4 is 11.8 Å². The van der Waals surface area contributed by atoms with Crippen LogP contribution in [0.1, 0.15) is 34.6 Å². The first kappa shape index (κ1) is 19.2. The Balaban J connectivity index is 2.07. The van der Waals surface area contributed by atoms with Crippen molar-refractivity contribution in [3.63, 3.8) is 0 Å². The molecule has 6 nitrogen and oxygen atoms in total. The molecule has 2 N–H and O–H groups in total. The van der Waals surface area contributed by atoms with Crippen LogP contribution in [-0.4, -0.2) is 25.0 Å². The number of hydrogen-bond donors (Lipinski definition) is 2. The number of carbonyl (C=O) groups excluding carboxylic acids is 2. The fourth-order valence-electron chi connectivity index (χ4n) is 2.08. The van der Waals surface area contributed by atoms with Crippen LogP contribution < -0.4 is 20.3 Å². The maximum Gasteiger partial charge on any atom is 0.272 e. The number of methoxy groups -OCH3 is 1. The Labute approximate surface area is 149 Å². The zero-order chi connectivity index (χ0) is 19.3. The van der Waals surface area contributed by atoms with E-state index in [0.717, 1.165) is 18.2 Å². The number of amides is 2. The van der Waals surface area contributed by atoms with Crippen LogP contribution >= 0.6 is 0 Å². The van der Waals surface area contributed by atoms with Gasteiger partial charge in [0.05, 0.1) is 18.8 Å². The standard InChI is InChI=1S/C18H18F2N2O4/c1-10(2)26-15-7-4-11(8-16(15)25-3)17(23)21-22-18(24)13-9-12(19)5-6-14(13)20/h4-10H,1-3H3,(H,21,23)(H,22,24). The number of carbonyl (C=O) groups is 2. The number of hydrazine groups is 1. The average molecular weight is 364 g/mol. The van der Waals surface area contributed by atoms with Gasteiger partial charge < -0.3 is 9.47 Å². The topological polar surface area (TPSA) is 76.7 Å². The van der Waals surface area contributed by atoms with E-state index in [2.05, 4.69) is 5.43 Å². The SMILES string of the molecule is COc1cc(C(=O)NNC(=O)c2cc(F)ccc2F)ccc1OC(C)C. The summed E-state index contributed by atoms with van der Waals surface area (Å²) in [5.74, 6) is -2.52. The van der Waals surface area contributed by atoms with Gasteiger partial charge in [0, 0.05) is 5.56 Å². The van der Waals surface area contributed by atoms with Gasteiger partial charge in [-0.2, -0.15) is 0 Å². The summed E-state index contributed by atoms with van der Waals surface area (Å²) in [5, 5.41) is 0. The van der Waals surface area contributed by atoms with E-state index in [0.29, 0.717) is 11.5 Å². The predicted octanol–water partition coefficient (Wildman–Crippen LogP) is 2.84. The number of ether oxygens (including phenoxy) is 2. The van der Waals surface area contributed by atoms with Crippen molar-refractivity contribution in [1.82, 2.24) is 10.9 Å². The molecule has 0 fully saturated rings. The highest BCUT2D eigenvalue weighted by atomic mass is 19.1. The second-order valence-electron chi connectivity index (χ2n) is 5.56. The largest absolute Gasteiger partial charge is 0.493 e. The lowest BCUT2D eigenvalue weighted by Gasteiger charge is -2.14. The van der Waals surface area contributed by atoms with E-state index in [1.807, 2.05) is 19.3 Å². The second kappa shape index (κ2) is 8.28. The van der Waals surface area contributed by atoms with Crippen LogP contribution in [0.5, 0.6) is 11.5 Å². The highest BCUT2D eigenvalue weighted by Crippen LogP contribution is 2.28.